The number of sulfone groups is 1. The fourth-order valence-electron chi connectivity index (χ4n) is 1.60. The van der Waals surface area contributed by atoms with E-state index in [1.54, 1.807) is 0 Å². The quantitative estimate of drug-likeness (QED) is 0.785. The smallest absolute Gasteiger partial charge is 0.335 e. The van der Waals surface area contributed by atoms with E-state index in [0.29, 0.717) is 0 Å². The van der Waals surface area contributed by atoms with Gasteiger partial charge in [-0.15, -0.1) is 0 Å². The second-order valence-electron chi connectivity index (χ2n) is 3.36. The molecular formula is C10H8O5S. The van der Waals surface area contributed by atoms with Gasteiger partial charge in [-0.25, -0.2) is 13.2 Å². The van der Waals surface area contributed by atoms with E-state index in [0.717, 1.165) is 5.41 Å². The summed E-state index contributed by atoms with van der Waals surface area (Å²) in [7, 11) is -3.52. The van der Waals surface area contributed by atoms with Crippen molar-refractivity contribution in [1.29, 1.82) is 0 Å². The van der Waals surface area contributed by atoms with Gasteiger partial charge in [0.25, 0.3) is 0 Å². The van der Waals surface area contributed by atoms with Crippen molar-refractivity contribution in [3.8, 4) is 0 Å². The molecule has 1 heterocycles. The van der Waals surface area contributed by atoms with Gasteiger partial charge in [0.15, 0.2) is 0 Å². The molecule has 0 radical (unpaired) electrons. The Balaban J connectivity index is 2.70. The minimum Gasteiger partial charge on any atom is -0.478 e. The summed E-state index contributed by atoms with van der Waals surface area (Å²) >= 11 is 0. The summed E-state index contributed by atoms with van der Waals surface area (Å²) in [6.07, 6.45) is 0. The SMILES string of the molecule is O=C(O)c1ccc2c(c1)C(CO)=CS2(=O)=O. The lowest BCUT2D eigenvalue weighted by atomic mass is 10.1. The molecule has 16 heavy (non-hydrogen) atoms. The van der Waals surface area contributed by atoms with Crippen LogP contribution in [-0.2, 0) is 9.84 Å². The summed E-state index contributed by atoms with van der Waals surface area (Å²) in [4.78, 5) is 10.8. The Morgan fingerprint density at radius 2 is 2.00 bits per heavy atom. The van der Waals surface area contributed by atoms with Crippen molar-refractivity contribution in [1.82, 2.24) is 0 Å². The van der Waals surface area contributed by atoms with Gasteiger partial charge in [-0.05, 0) is 23.8 Å². The molecule has 0 fully saturated rings. The van der Waals surface area contributed by atoms with Crippen molar-refractivity contribution in [3.63, 3.8) is 0 Å². The van der Waals surface area contributed by atoms with E-state index in [-0.39, 0.29) is 21.6 Å². The maximum absolute atomic E-state index is 11.6. The predicted octanol–water partition coefficient (Wildman–Crippen LogP) is 0.505. The number of aliphatic hydroxyl groups is 1. The highest BCUT2D eigenvalue weighted by molar-refractivity contribution is 7.95. The molecular weight excluding hydrogens is 232 g/mol. The highest BCUT2D eigenvalue weighted by Gasteiger charge is 2.27. The number of carbonyl (C=O) groups is 1. The second kappa shape index (κ2) is 3.43. The number of carboxylic acids is 1. The fourth-order valence-corrected chi connectivity index (χ4v) is 3.06. The molecule has 6 heteroatoms. The van der Waals surface area contributed by atoms with Gasteiger partial charge < -0.3 is 10.2 Å². The standard InChI is InChI=1S/C10H8O5S/c11-4-7-5-16(14,15)9-2-1-6(10(12)13)3-8(7)9/h1-3,5,11H,4H2,(H,12,13). The van der Waals surface area contributed by atoms with E-state index in [1.165, 1.54) is 18.2 Å². The Hall–Kier alpha value is -1.66. The molecule has 1 aliphatic rings. The highest BCUT2D eigenvalue weighted by atomic mass is 32.2. The highest BCUT2D eigenvalue weighted by Crippen LogP contribution is 2.33. The minimum atomic E-state index is -3.52. The lowest BCUT2D eigenvalue weighted by Crippen LogP contribution is -2.00. The van der Waals surface area contributed by atoms with E-state index in [1.807, 2.05) is 0 Å². The van der Waals surface area contributed by atoms with Crippen LogP contribution in [0.4, 0.5) is 0 Å². The molecule has 84 valence electrons. The Bertz CT molecular complexity index is 598. The monoisotopic (exact) mass is 240 g/mol. The van der Waals surface area contributed by atoms with E-state index in [2.05, 4.69) is 0 Å². The number of rotatable bonds is 2. The van der Waals surface area contributed by atoms with Crippen molar-refractivity contribution in [3.05, 3.63) is 34.7 Å². The van der Waals surface area contributed by atoms with Gasteiger partial charge in [0.05, 0.1) is 17.1 Å². The van der Waals surface area contributed by atoms with Crippen LogP contribution in [0, 0.1) is 0 Å². The van der Waals surface area contributed by atoms with Crippen molar-refractivity contribution >= 4 is 21.4 Å². The number of carboxylic acid groups (broad SMARTS) is 1. The Morgan fingerprint density at radius 3 is 2.56 bits per heavy atom. The molecule has 2 rings (SSSR count). The third-order valence-corrected chi connectivity index (χ3v) is 3.91. The zero-order chi connectivity index (χ0) is 11.9. The Kier molecular flexibility index (Phi) is 2.32. The molecule has 0 saturated heterocycles. The summed E-state index contributed by atoms with van der Waals surface area (Å²) in [6, 6.07) is 3.73. The molecule has 0 spiro atoms. The van der Waals surface area contributed by atoms with Gasteiger partial charge in [-0.2, -0.15) is 0 Å². The maximum Gasteiger partial charge on any atom is 0.335 e. The summed E-state index contributed by atoms with van der Waals surface area (Å²) < 4.78 is 23.1. The van der Waals surface area contributed by atoms with E-state index in [4.69, 9.17) is 10.2 Å². The normalized spacial score (nSPS) is 16.7. The fraction of sp³-hybridized carbons (Fsp3) is 0.100. The first kappa shape index (κ1) is 10.8. The van der Waals surface area contributed by atoms with Crippen molar-refractivity contribution in [2.24, 2.45) is 0 Å². The van der Waals surface area contributed by atoms with Gasteiger partial charge >= 0.3 is 5.97 Å². The summed E-state index contributed by atoms with van der Waals surface area (Å²) in [5.41, 5.74) is 0.482. The van der Waals surface area contributed by atoms with Crippen molar-refractivity contribution in [2.45, 2.75) is 4.90 Å². The summed E-state index contributed by atoms with van der Waals surface area (Å²) in [5.74, 6) is -1.13. The first-order valence-corrected chi connectivity index (χ1v) is 5.94. The maximum atomic E-state index is 11.6. The number of fused-ring (bicyclic) bond motifs is 1. The third-order valence-electron chi connectivity index (χ3n) is 2.35. The van der Waals surface area contributed by atoms with Crippen LogP contribution in [0.5, 0.6) is 0 Å². The number of benzene rings is 1. The number of aromatic carboxylic acids is 1. The molecule has 2 N–H and O–H groups in total. The van der Waals surface area contributed by atoms with Crippen molar-refractivity contribution < 1.29 is 23.4 Å². The average molecular weight is 240 g/mol. The van der Waals surface area contributed by atoms with Crippen LogP contribution in [0.1, 0.15) is 15.9 Å². The van der Waals surface area contributed by atoms with Gasteiger partial charge in [0.1, 0.15) is 0 Å². The zero-order valence-corrected chi connectivity index (χ0v) is 8.86. The molecule has 1 aliphatic heterocycles. The topological polar surface area (TPSA) is 91.7 Å². The molecule has 5 nitrogen and oxygen atoms in total. The molecule has 1 aromatic rings. The molecule has 0 amide bonds. The van der Waals surface area contributed by atoms with Crippen LogP contribution < -0.4 is 0 Å². The largest absolute Gasteiger partial charge is 0.478 e. The first-order chi connectivity index (χ1) is 7.45. The molecule has 0 bridgehead atoms. The van der Waals surface area contributed by atoms with Crippen LogP contribution in [0.25, 0.3) is 5.57 Å². The lowest BCUT2D eigenvalue weighted by molar-refractivity contribution is 0.0696. The van der Waals surface area contributed by atoms with E-state index in [9.17, 15) is 13.2 Å². The Labute approximate surface area is 91.6 Å². The van der Waals surface area contributed by atoms with Crippen LogP contribution >= 0.6 is 0 Å². The summed E-state index contributed by atoms with van der Waals surface area (Å²) in [6.45, 7) is -0.435. The second-order valence-corrected chi connectivity index (χ2v) is 5.13. The zero-order valence-electron chi connectivity index (χ0n) is 8.04. The lowest BCUT2D eigenvalue weighted by Gasteiger charge is -2.02. The molecule has 0 unspecified atom stereocenters. The Morgan fingerprint density at radius 1 is 1.31 bits per heavy atom. The molecule has 0 aromatic heterocycles. The molecule has 0 saturated carbocycles. The minimum absolute atomic E-state index is 0.00444. The summed E-state index contributed by atoms with van der Waals surface area (Å²) in [5, 5.41) is 18.7. The van der Waals surface area contributed by atoms with Gasteiger partial charge in [0, 0.05) is 11.0 Å². The van der Waals surface area contributed by atoms with E-state index < -0.39 is 22.4 Å². The van der Waals surface area contributed by atoms with Crippen molar-refractivity contribution in [2.75, 3.05) is 6.61 Å². The van der Waals surface area contributed by atoms with E-state index >= 15 is 0 Å². The first-order valence-electron chi connectivity index (χ1n) is 4.40. The van der Waals surface area contributed by atoms with Crippen LogP contribution in [0.2, 0.25) is 0 Å². The van der Waals surface area contributed by atoms with Crippen LogP contribution in [0.3, 0.4) is 0 Å². The third kappa shape index (κ3) is 1.52. The van der Waals surface area contributed by atoms with Gasteiger partial charge in [-0.3, -0.25) is 0 Å². The molecule has 0 atom stereocenters. The van der Waals surface area contributed by atoms with Crippen LogP contribution in [-0.4, -0.2) is 31.2 Å². The van der Waals surface area contributed by atoms with Crippen LogP contribution in [0.15, 0.2) is 28.5 Å². The predicted molar refractivity (Wildman–Crippen MR) is 55.6 cm³/mol. The number of aliphatic hydroxyl groups excluding tert-OH is 1. The van der Waals surface area contributed by atoms with Gasteiger partial charge in [-0.1, -0.05) is 0 Å². The van der Waals surface area contributed by atoms with Gasteiger partial charge in [0.2, 0.25) is 9.84 Å². The number of hydrogen-bond acceptors (Lipinski definition) is 4. The molecule has 0 aliphatic carbocycles. The average Bonchev–Trinajstić information content (AvgIpc) is 2.50. The number of hydrogen-bond donors (Lipinski definition) is 2. The molecule has 1 aromatic carbocycles.